The first-order valence-corrected chi connectivity index (χ1v) is 6.97. The molecule has 1 aliphatic rings. The number of hydrogen-bond acceptors (Lipinski definition) is 2. The smallest absolute Gasteiger partial charge is 0.255 e. The Morgan fingerprint density at radius 1 is 0.950 bits per heavy atom. The molecule has 0 unspecified atom stereocenters. The maximum Gasteiger partial charge on any atom is 0.255 e. The van der Waals surface area contributed by atoms with Crippen molar-refractivity contribution in [1.82, 2.24) is 4.90 Å². The predicted octanol–water partition coefficient (Wildman–Crippen LogP) is 3.26. The molecule has 1 heterocycles. The van der Waals surface area contributed by atoms with Crippen LogP contribution >= 0.6 is 11.6 Å². The van der Waals surface area contributed by atoms with E-state index in [1.54, 1.807) is 0 Å². The maximum absolute atomic E-state index is 12.4. The van der Waals surface area contributed by atoms with Gasteiger partial charge in [-0.05, 0) is 36.4 Å². The summed E-state index contributed by atoms with van der Waals surface area (Å²) in [5.41, 5.74) is 1.84. The SMILES string of the molecule is O=C(c1ccccc1)N1CCN(c2ccc(Cl)cc2)C1. The highest BCUT2D eigenvalue weighted by Gasteiger charge is 2.24. The highest BCUT2D eigenvalue weighted by molar-refractivity contribution is 6.30. The number of carbonyl (C=O) groups excluding carboxylic acids is 1. The van der Waals surface area contributed by atoms with E-state index in [0.29, 0.717) is 6.67 Å². The number of nitrogens with zero attached hydrogens (tertiary/aromatic N) is 2. The largest absolute Gasteiger partial charge is 0.352 e. The van der Waals surface area contributed by atoms with Crippen molar-refractivity contribution in [3.05, 3.63) is 65.2 Å². The highest BCUT2D eigenvalue weighted by atomic mass is 35.5. The molecule has 0 aromatic heterocycles. The van der Waals surface area contributed by atoms with Gasteiger partial charge in [-0.25, -0.2) is 0 Å². The van der Waals surface area contributed by atoms with Crippen LogP contribution in [-0.2, 0) is 0 Å². The minimum Gasteiger partial charge on any atom is -0.352 e. The van der Waals surface area contributed by atoms with Crippen molar-refractivity contribution >= 4 is 23.2 Å². The van der Waals surface area contributed by atoms with E-state index in [4.69, 9.17) is 11.6 Å². The summed E-state index contributed by atoms with van der Waals surface area (Å²) in [6, 6.07) is 17.1. The molecule has 0 radical (unpaired) electrons. The van der Waals surface area contributed by atoms with Crippen LogP contribution in [0.5, 0.6) is 0 Å². The lowest BCUT2D eigenvalue weighted by molar-refractivity contribution is 0.0794. The summed E-state index contributed by atoms with van der Waals surface area (Å²) in [6.45, 7) is 2.21. The second-order valence-electron chi connectivity index (χ2n) is 4.82. The molecule has 3 nitrogen and oxygen atoms in total. The predicted molar refractivity (Wildman–Crippen MR) is 81.1 cm³/mol. The first-order chi connectivity index (χ1) is 9.74. The van der Waals surface area contributed by atoms with Gasteiger partial charge in [0.1, 0.15) is 0 Å². The number of amides is 1. The molecule has 3 rings (SSSR count). The Labute approximate surface area is 123 Å². The van der Waals surface area contributed by atoms with Crippen LogP contribution in [0.1, 0.15) is 10.4 Å². The second-order valence-corrected chi connectivity index (χ2v) is 5.25. The third kappa shape index (κ3) is 2.63. The molecule has 1 saturated heterocycles. The topological polar surface area (TPSA) is 23.6 Å². The molecule has 1 amide bonds. The maximum atomic E-state index is 12.4. The van der Waals surface area contributed by atoms with Gasteiger partial charge in [-0.3, -0.25) is 4.79 Å². The number of benzene rings is 2. The van der Waals surface area contributed by atoms with Crippen molar-refractivity contribution < 1.29 is 4.79 Å². The third-order valence-corrected chi connectivity index (χ3v) is 3.73. The quantitative estimate of drug-likeness (QED) is 0.846. The minimum absolute atomic E-state index is 0.0852. The molecular weight excluding hydrogens is 272 g/mol. The Balaban J connectivity index is 1.71. The summed E-state index contributed by atoms with van der Waals surface area (Å²) in [6.07, 6.45) is 0. The van der Waals surface area contributed by atoms with Gasteiger partial charge in [-0.15, -0.1) is 0 Å². The summed E-state index contributed by atoms with van der Waals surface area (Å²) < 4.78 is 0. The van der Waals surface area contributed by atoms with Crippen molar-refractivity contribution in [1.29, 1.82) is 0 Å². The molecule has 2 aromatic rings. The average molecular weight is 287 g/mol. The average Bonchev–Trinajstić information content (AvgIpc) is 2.98. The first-order valence-electron chi connectivity index (χ1n) is 6.59. The number of hydrogen-bond donors (Lipinski definition) is 0. The van der Waals surface area contributed by atoms with Crippen LogP contribution in [0.2, 0.25) is 5.02 Å². The van der Waals surface area contributed by atoms with Crippen molar-refractivity contribution in [2.45, 2.75) is 0 Å². The monoisotopic (exact) mass is 286 g/mol. The van der Waals surface area contributed by atoms with E-state index in [2.05, 4.69) is 4.90 Å². The number of anilines is 1. The van der Waals surface area contributed by atoms with Crippen LogP contribution in [0, 0.1) is 0 Å². The Bertz CT molecular complexity index is 598. The fourth-order valence-electron chi connectivity index (χ4n) is 2.38. The molecule has 2 aromatic carbocycles. The van der Waals surface area contributed by atoms with E-state index in [1.165, 1.54) is 0 Å². The lowest BCUT2D eigenvalue weighted by Gasteiger charge is -2.20. The van der Waals surface area contributed by atoms with Crippen LogP contribution in [0.3, 0.4) is 0 Å². The van der Waals surface area contributed by atoms with Gasteiger partial charge in [0.15, 0.2) is 0 Å². The van der Waals surface area contributed by atoms with E-state index in [1.807, 2.05) is 59.5 Å². The second kappa shape index (κ2) is 5.55. The van der Waals surface area contributed by atoms with Crippen LogP contribution in [0.15, 0.2) is 54.6 Å². The van der Waals surface area contributed by atoms with Gasteiger partial charge in [0, 0.05) is 29.4 Å². The van der Waals surface area contributed by atoms with Gasteiger partial charge >= 0.3 is 0 Å². The number of rotatable bonds is 2. The van der Waals surface area contributed by atoms with Crippen LogP contribution < -0.4 is 4.90 Å². The lowest BCUT2D eigenvalue weighted by atomic mass is 10.2. The van der Waals surface area contributed by atoms with Gasteiger partial charge in [0.25, 0.3) is 5.91 Å². The molecule has 102 valence electrons. The lowest BCUT2D eigenvalue weighted by Crippen LogP contribution is -2.31. The molecule has 0 saturated carbocycles. The molecule has 0 spiro atoms. The molecule has 4 heteroatoms. The van der Waals surface area contributed by atoms with E-state index < -0.39 is 0 Å². The van der Waals surface area contributed by atoms with E-state index in [9.17, 15) is 4.79 Å². The molecule has 0 bridgehead atoms. The molecule has 0 N–H and O–H groups in total. The Morgan fingerprint density at radius 2 is 1.65 bits per heavy atom. The van der Waals surface area contributed by atoms with E-state index >= 15 is 0 Å². The Kier molecular flexibility index (Phi) is 3.61. The summed E-state index contributed by atoms with van der Waals surface area (Å²) >= 11 is 5.89. The third-order valence-electron chi connectivity index (χ3n) is 3.48. The summed E-state index contributed by atoms with van der Waals surface area (Å²) in [5.74, 6) is 0.0852. The molecule has 0 atom stereocenters. The van der Waals surface area contributed by atoms with Gasteiger partial charge in [-0.1, -0.05) is 29.8 Å². The summed E-state index contributed by atoms with van der Waals surface area (Å²) in [7, 11) is 0. The zero-order chi connectivity index (χ0) is 13.9. The van der Waals surface area contributed by atoms with E-state index in [-0.39, 0.29) is 5.91 Å². The van der Waals surface area contributed by atoms with Crippen molar-refractivity contribution in [3.8, 4) is 0 Å². The molecular formula is C16H15ClN2O. The van der Waals surface area contributed by atoms with Crippen molar-refractivity contribution in [2.75, 3.05) is 24.7 Å². The fourth-order valence-corrected chi connectivity index (χ4v) is 2.51. The zero-order valence-electron chi connectivity index (χ0n) is 11.0. The first kappa shape index (κ1) is 13.0. The van der Waals surface area contributed by atoms with Gasteiger partial charge in [-0.2, -0.15) is 0 Å². The molecule has 0 aliphatic carbocycles. The summed E-state index contributed by atoms with van der Waals surface area (Å²) in [5, 5.41) is 0.727. The highest BCUT2D eigenvalue weighted by Crippen LogP contribution is 2.21. The summed E-state index contributed by atoms with van der Waals surface area (Å²) in [4.78, 5) is 16.4. The number of carbonyl (C=O) groups is 1. The molecule has 1 fully saturated rings. The standard InChI is InChI=1S/C16H15ClN2O/c17-14-6-8-15(9-7-14)18-10-11-19(12-18)16(20)13-4-2-1-3-5-13/h1-9H,10-12H2. The van der Waals surface area contributed by atoms with Gasteiger partial charge in [0.05, 0.1) is 6.67 Å². The van der Waals surface area contributed by atoms with Gasteiger partial charge in [0.2, 0.25) is 0 Å². The Hall–Kier alpha value is -2.00. The van der Waals surface area contributed by atoms with Crippen LogP contribution in [-0.4, -0.2) is 30.6 Å². The fraction of sp³-hybridized carbons (Fsp3) is 0.188. The Morgan fingerprint density at radius 3 is 2.35 bits per heavy atom. The van der Waals surface area contributed by atoms with Crippen molar-refractivity contribution in [3.63, 3.8) is 0 Å². The van der Waals surface area contributed by atoms with E-state index in [0.717, 1.165) is 29.4 Å². The number of halogens is 1. The van der Waals surface area contributed by atoms with Crippen LogP contribution in [0.25, 0.3) is 0 Å². The normalized spacial score (nSPS) is 14.7. The van der Waals surface area contributed by atoms with Crippen molar-refractivity contribution in [2.24, 2.45) is 0 Å². The van der Waals surface area contributed by atoms with Crippen LogP contribution in [0.4, 0.5) is 5.69 Å². The molecule has 1 aliphatic heterocycles. The minimum atomic E-state index is 0.0852. The molecule has 20 heavy (non-hydrogen) atoms. The zero-order valence-corrected chi connectivity index (χ0v) is 11.8. The van der Waals surface area contributed by atoms with Gasteiger partial charge < -0.3 is 9.80 Å².